The second-order valence-electron chi connectivity index (χ2n) is 5.47. The molecule has 1 aromatic carbocycles. The van der Waals surface area contributed by atoms with E-state index in [1.165, 1.54) is 6.92 Å². The largest absolute Gasteiger partial charge is 0.376 e. The lowest BCUT2D eigenvalue weighted by Gasteiger charge is -2.23. The molecule has 23 heavy (non-hydrogen) atoms. The molecule has 2 rings (SSSR count). The highest BCUT2D eigenvalue weighted by atomic mass is 16.2. The van der Waals surface area contributed by atoms with E-state index in [0.717, 1.165) is 12.1 Å². The van der Waals surface area contributed by atoms with Gasteiger partial charge >= 0.3 is 0 Å². The molecule has 7 nitrogen and oxygen atoms in total. The number of hydrogen-bond acceptors (Lipinski definition) is 4. The van der Waals surface area contributed by atoms with Crippen LogP contribution in [0.25, 0.3) is 0 Å². The number of benzene rings is 1. The molecular weight excluding hydrogens is 296 g/mol. The summed E-state index contributed by atoms with van der Waals surface area (Å²) < 4.78 is 0. The van der Waals surface area contributed by atoms with Crippen LogP contribution >= 0.6 is 0 Å². The summed E-state index contributed by atoms with van der Waals surface area (Å²) in [6.45, 7) is 2.19. The number of nitrogens with zero attached hydrogens (tertiary/aromatic N) is 1. The first-order valence-corrected chi connectivity index (χ1v) is 7.64. The van der Waals surface area contributed by atoms with Crippen molar-refractivity contribution in [3.8, 4) is 0 Å². The van der Waals surface area contributed by atoms with Crippen molar-refractivity contribution in [1.82, 2.24) is 10.2 Å². The van der Waals surface area contributed by atoms with Gasteiger partial charge in [0.05, 0.1) is 6.54 Å². The maximum Gasteiger partial charge on any atom is 0.242 e. The summed E-state index contributed by atoms with van der Waals surface area (Å²) in [5.74, 6) is -0.340. The van der Waals surface area contributed by atoms with Crippen LogP contribution < -0.4 is 16.0 Å². The molecule has 0 aliphatic carbocycles. The molecule has 1 saturated heterocycles. The van der Waals surface area contributed by atoms with Gasteiger partial charge in [-0.15, -0.1) is 0 Å². The van der Waals surface area contributed by atoms with Crippen LogP contribution in [0.15, 0.2) is 24.3 Å². The fourth-order valence-corrected chi connectivity index (χ4v) is 2.66. The van der Waals surface area contributed by atoms with Gasteiger partial charge in [-0.05, 0) is 37.1 Å². The normalized spacial score (nSPS) is 16.8. The Bertz CT molecular complexity index is 585. The summed E-state index contributed by atoms with van der Waals surface area (Å²) in [6, 6.07) is 6.74. The van der Waals surface area contributed by atoms with Gasteiger partial charge in [-0.25, -0.2) is 0 Å². The minimum Gasteiger partial charge on any atom is -0.376 e. The number of carbonyl (C=O) groups is 3. The van der Waals surface area contributed by atoms with Crippen LogP contribution in [0.2, 0.25) is 0 Å². The van der Waals surface area contributed by atoms with E-state index in [-0.39, 0.29) is 30.3 Å². The lowest BCUT2D eigenvalue weighted by atomic mass is 10.2. The molecule has 0 spiro atoms. The summed E-state index contributed by atoms with van der Waals surface area (Å²) in [7, 11) is 1.58. The Labute approximate surface area is 135 Å². The van der Waals surface area contributed by atoms with E-state index in [0.29, 0.717) is 18.7 Å². The maximum absolute atomic E-state index is 12.3. The summed E-state index contributed by atoms with van der Waals surface area (Å²) >= 11 is 0. The summed E-state index contributed by atoms with van der Waals surface area (Å²) in [4.78, 5) is 36.6. The molecule has 7 heteroatoms. The number of hydrogen-bond donors (Lipinski definition) is 3. The summed E-state index contributed by atoms with van der Waals surface area (Å²) in [5.41, 5.74) is 1.48. The van der Waals surface area contributed by atoms with Gasteiger partial charge in [-0.3, -0.25) is 14.4 Å². The molecule has 3 N–H and O–H groups in total. The zero-order chi connectivity index (χ0) is 16.8. The Balaban J connectivity index is 1.88. The fourth-order valence-electron chi connectivity index (χ4n) is 2.66. The van der Waals surface area contributed by atoms with Crippen molar-refractivity contribution in [1.29, 1.82) is 0 Å². The smallest absolute Gasteiger partial charge is 0.242 e. The van der Waals surface area contributed by atoms with Crippen molar-refractivity contribution in [3.63, 3.8) is 0 Å². The van der Waals surface area contributed by atoms with Crippen molar-refractivity contribution in [3.05, 3.63) is 24.3 Å². The first kappa shape index (κ1) is 16.8. The first-order chi connectivity index (χ1) is 11.0. The van der Waals surface area contributed by atoms with E-state index in [4.69, 9.17) is 0 Å². The molecule has 1 fully saturated rings. The Morgan fingerprint density at radius 3 is 2.43 bits per heavy atom. The van der Waals surface area contributed by atoms with Crippen LogP contribution in [0.4, 0.5) is 11.4 Å². The number of likely N-dealkylation sites (tertiary alicyclic amines) is 1. The van der Waals surface area contributed by atoms with Gasteiger partial charge in [0.1, 0.15) is 6.04 Å². The van der Waals surface area contributed by atoms with Crippen molar-refractivity contribution in [2.75, 3.05) is 30.8 Å². The average Bonchev–Trinajstić information content (AvgIpc) is 3.02. The van der Waals surface area contributed by atoms with Gasteiger partial charge in [0.15, 0.2) is 0 Å². The number of likely N-dealkylation sites (N-methyl/N-ethyl adjacent to an activating group) is 1. The van der Waals surface area contributed by atoms with Crippen molar-refractivity contribution >= 4 is 29.1 Å². The summed E-state index contributed by atoms with van der Waals surface area (Å²) in [5, 5.41) is 8.32. The predicted molar refractivity (Wildman–Crippen MR) is 88.0 cm³/mol. The second-order valence-corrected chi connectivity index (χ2v) is 5.47. The molecule has 1 heterocycles. The van der Waals surface area contributed by atoms with E-state index in [1.54, 1.807) is 36.2 Å². The minimum atomic E-state index is -0.364. The maximum atomic E-state index is 12.3. The van der Waals surface area contributed by atoms with Crippen molar-refractivity contribution in [2.45, 2.75) is 25.8 Å². The highest BCUT2D eigenvalue weighted by molar-refractivity contribution is 5.90. The van der Waals surface area contributed by atoms with Gasteiger partial charge in [0.2, 0.25) is 17.7 Å². The third-order valence-electron chi connectivity index (χ3n) is 3.77. The van der Waals surface area contributed by atoms with E-state index >= 15 is 0 Å². The van der Waals surface area contributed by atoms with Crippen molar-refractivity contribution < 1.29 is 14.4 Å². The third-order valence-corrected chi connectivity index (χ3v) is 3.77. The predicted octanol–water partition coefficient (Wildman–Crippen LogP) is 0.794. The van der Waals surface area contributed by atoms with Gasteiger partial charge in [-0.2, -0.15) is 0 Å². The van der Waals surface area contributed by atoms with Crippen LogP contribution in [0.1, 0.15) is 19.8 Å². The average molecular weight is 318 g/mol. The Hall–Kier alpha value is -2.57. The fraction of sp³-hybridized carbons (Fsp3) is 0.438. The van der Waals surface area contributed by atoms with E-state index in [2.05, 4.69) is 16.0 Å². The van der Waals surface area contributed by atoms with Crippen LogP contribution in [0, 0.1) is 0 Å². The first-order valence-electron chi connectivity index (χ1n) is 7.64. The number of rotatable bonds is 5. The quantitative estimate of drug-likeness (QED) is 0.749. The van der Waals surface area contributed by atoms with Gasteiger partial charge in [-0.1, -0.05) is 0 Å². The van der Waals surface area contributed by atoms with Crippen LogP contribution in [0.3, 0.4) is 0 Å². The Morgan fingerprint density at radius 2 is 1.83 bits per heavy atom. The molecule has 1 aromatic rings. The highest BCUT2D eigenvalue weighted by Crippen LogP contribution is 2.18. The van der Waals surface area contributed by atoms with Crippen LogP contribution in [0.5, 0.6) is 0 Å². The van der Waals surface area contributed by atoms with Crippen LogP contribution in [-0.2, 0) is 14.4 Å². The SMILES string of the molecule is CNC(=O)C1CCCN1C(=O)CNc1ccc(NC(C)=O)cc1. The van der Waals surface area contributed by atoms with Gasteiger partial charge < -0.3 is 20.9 Å². The molecule has 1 unspecified atom stereocenters. The summed E-state index contributed by atoms with van der Waals surface area (Å²) in [6.07, 6.45) is 1.55. The molecule has 0 aromatic heterocycles. The Kier molecular flexibility index (Phi) is 5.56. The van der Waals surface area contributed by atoms with Gasteiger partial charge in [0.25, 0.3) is 0 Å². The zero-order valence-electron chi connectivity index (χ0n) is 13.4. The standard InChI is InChI=1S/C16H22N4O3/c1-11(21)19-13-7-5-12(6-8-13)18-10-15(22)20-9-3-4-14(20)16(23)17-2/h5-8,14,18H,3-4,9-10H2,1-2H3,(H,17,23)(H,19,21). The monoisotopic (exact) mass is 318 g/mol. The zero-order valence-corrected chi connectivity index (χ0v) is 13.4. The molecule has 1 aliphatic heterocycles. The van der Waals surface area contributed by atoms with Crippen molar-refractivity contribution in [2.24, 2.45) is 0 Å². The molecule has 0 bridgehead atoms. The topological polar surface area (TPSA) is 90.5 Å². The Morgan fingerprint density at radius 1 is 1.17 bits per heavy atom. The van der Waals surface area contributed by atoms with E-state index in [1.807, 2.05) is 0 Å². The molecule has 1 atom stereocenters. The number of anilines is 2. The minimum absolute atomic E-state index is 0.0953. The molecular formula is C16H22N4O3. The molecule has 3 amide bonds. The van der Waals surface area contributed by atoms with Gasteiger partial charge in [0, 0.05) is 31.9 Å². The molecule has 0 saturated carbocycles. The molecule has 1 aliphatic rings. The highest BCUT2D eigenvalue weighted by Gasteiger charge is 2.33. The molecule has 124 valence electrons. The number of nitrogens with one attached hydrogen (secondary N) is 3. The lowest BCUT2D eigenvalue weighted by molar-refractivity contribution is -0.136. The molecule has 0 radical (unpaired) electrons. The number of carbonyl (C=O) groups excluding carboxylic acids is 3. The van der Waals surface area contributed by atoms with E-state index in [9.17, 15) is 14.4 Å². The lowest BCUT2D eigenvalue weighted by Crippen LogP contribution is -2.46. The number of amides is 3. The van der Waals surface area contributed by atoms with Crippen LogP contribution in [-0.4, -0.2) is 48.8 Å². The second kappa shape index (κ2) is 7.62. The third kappa shape index (κ3) is 4.45. The van der Waals surface area contributed by atoms with E-state index < -0.39 is 0 Å².